The number of alkyl halides is 2. The van der Waals surface area contributed by atoms with Crippen LogP contribution in [0.2, 0.25) is 0 Å². The first kappa shape index (κ1) is 23.7. The molecular weight excluding hydrogens is 394 g/mol. The topological polar surface area (TPSA) is 84.0 Å². The predicted molar refractivity (Wildman–Crippen MR) is 112 cm³/mol. The van der Waals surface area contributed by atoms with Crippen LogP contribution in [0.25, 0.3) is 0 Å². The first-order valence-electron chi connectivity index (χ1n) is 10.5. The van der Waals surface area contributed by atoms with Gasteiger partial charge in [0, 0.05) is 44.2 Å². The summed E-state index contributed by atoms with van der Waals surface area (Å²) < 4.78 is 35.7. The largest absolute Gasteiger partial charge is 0.493 e. The number of rotatable bonds is 11. The number of nitrogens with one attached hydrogen (secondary N) is 3. The van der Waals surface area contributed by atoms with E-state index in [0.29, 0.717) is 42.9 Å². The number of benzene rings is 1. The van der Waals surface area contributed by atoms with Gasteiger partial charge in [0.2, 0.25) is 5.91 Å². The maximum atomic E-state index is 12.8. The van der Waals surface area contributed by atoms with Gasteiger partial charge in [0.25, 0.3) is 0 Å². The second-order valence-corrected chi connectivity index (χ2v) is 7.15. The molecule has 7 nitrogen and oxygen atoms in total. The monoisotopic (exact) mass is 426 g/mol. The molecule has 1 amide bonds. The van der Waals surface area contributed by atoms with Crippen LogP contribution in [0.1, 0.15) is 51.0 Å². The van der Waals surface area contributed by atoms with Crippen molar-refractivity contribution < 1.29 is 23.0 Å². The molecule has 0 unspecified atom stereocenters. The molecule has 168 valence electrons. The molecule has 1 saturated carbocycles. The number of hydrogen-bond donors (Lipinski definition) is 3. The highest BCUT2D eigenvalue weighted by Crippen LogP contribution is 2.26. The molecule has 3 N–H and O–H groups in total. The van der Waals surface area contributed by atoms with Gasteiger partial charge in [0.05, 0.1) is 6.61 Å². The number of carbonyl (C=O) groups is 1. The van der Waals surface area contributed by atoms with Crippen LogP contribution >= 0.6 is 0 Å². The van der Waals surface area contributed by atoms with E-state index in [1.54, 1.807) is 19.2 Å². The van der Waals surface area contributed by atoms with E-state index in [1.165, 1.54) is 18.9 Å². The molecule has 2 rings (SSSR count). The van der Waals surface area contributed by atoms with Gasteiger partial charge in [-0.05, 0) is 31.4 Å². The zero-order valence-corrected chi connectivity index (χ0v) is 17.7. The Hall–Kier alpha value is -2.58. The van der Waals surface area contributed by atoms with E-state index >= 15 is 0 Å². The van der Waals surface area contributed by atoms with Crippen LogP contribution in [0, 0.1) is 0 Å². The number of hydrogen-bond acceptors (Lipinski definition) is 4. The third kappa shape index (κ3) is 8.42. The van der Waals surface area contributed by atoms with Crippen molar-refractivity contribution >= 4 is 11.9 Å². The number of aliphatic imine (C=N–C) groups is 1. The molecule has 0 saturated heterocycles. The van der Waals surface area contributed by atoms with Gasteiger partial charge < -0.3 is 25.4 Å². The summed E-state index contributed by atoms with van der Waals surface area (Å²) in [6.07, 6.45) is 5.59. The number of nitrogens with zero attached hydrogens (tertiary/aromatic N) is 1. The fourth-order valence-corrected chi connectivity index (χ4v) is 3.26. The Morgan fingerprint density at radius 3 is 2.70 bits per heavy atom. The van der Waals surface area contributed by atoms with Crippen molar-refractivity contribution in [3.63, 3.8) is 0 Å². The predicted octanol–water partition coefficient (Wildman–Crippen LogP) is 3.19. The molecule has 0 heterocycles. The molecule has 1 aromatic carbocycles. The Kier molecular flexibility index (Phi) is 10.2. The van der Waals surface area contributed by atoms with Crippen LogP contribution in [0.5, 0.6) is 11.5 Å². The lowest BCUT2D eigenvalue weighted by molar-refractivity contribution is -0.121. The summed E-state index contributed by atoms with van der Waals surface area (Å²) >= 11 is 0. The maximum Gasteiger partial charge on any atom is 0.387 e. The highest BCUT2D eigenvalue weighted by molar-refractivity contribution is 5.81. The molecule has 1 aliphatic carbocycles. The quantitative estimate of drug-likeness (QED) is 0.374. The van der Waals surface area contributed by atoms with Gasteiger partial charge in [-0.25, -0.2) is 0 Å². The summed E-state index contributed by atoms with van der Waals surface area (Å²) in [6, 6.07) is 5.15. The summed E-state index contributed by atoms with van der Waals surface area (Å²) in [5.74, 6) is 1.02. The van der Waals surface area contributed by atoms with Crippen LogP contribution in [0.4, 0.5) is 8.78 Å². The average Bonchev–Trinajstić information content (AvgIpc) is 3.22. The van der Waals surface area contributed by atoms with Crippen LogP contribution in [-0.2, 0) is 11.3 Å². The highest BCUT2D eigenvalue weighted by Gasteiger charge is 2.17. The van der Waals surface area contributed by atoms with E-state index in [4.69, 9.17) is 4.74 Å². The average molecular weight is 427 g/mol. The smallest absolute Gasteiger partial charge is 0.387 e. The van der Waals surface area contributed by atoms with Gasteiger partial charge in [0.15, 0.2) is 5.96 Å². The fourth-order valence-electron chi connectivity index (χ4n) is 3.26. The number of guanidine groups is 1. The second kappa shape index (κ2) is 12.9. The molecule has 0 radical (unpaired) electrons. The Morgan fingerprint density at radius 2 is 2.03 bits per heavy atom. The normalized spacial score (nSPS) is 14.6. The molecule has 1 aliphatic rings. The molecule has 1 aromatic rings. The van der Waals surface area contributed by atoms with Gasteiger partial charge >= 0.3 is 6.61 Å². The van der Waals surface area contributed by atoms with Gasteiger partial charge in [-0.2, -0.15) is 8.78 Å². The van der Waals surface area contributed by atoms with Crippen molar-refractivity contribution in [2.75, 3.05) is 20.2 Å². The lowest BCUT2D eigenvalue weighted by Crippen LogP contribution is -2.40. The standard InChI is InChI=1S/C21H32F2N4O3/c1-3-12-29-17-9-8-15(18(13-17)30-20(22)23)14-26-21(24-2)25-11-10-19(28)27-16-6-4-5-7-16/h8-9,13,16,20H,3-7,10-12,14H2,1-2H3,(H,27,28)(H2,24,25,26). The fraction of sp³-hybridized carbons (Fsp3) is 0.619. The van der Waals surface area contributed by atoms with E-state index < -0.39 is 6.61 Å². The first-order chi connectivity index (χ1) is 14.5. The van der Waals surface area contributed by atoms with Crippen LogP contribution in [-0.4, -0.2) is 44.7 Å². The van der Waals surface area contributed by atoms with Gasteiger partial charge in [-0.3, -0.25) is 9.79 Å². The molecule has 1 fully saturated rings. The summed E-state index contributed by atoms with van der Waals surface area (Å²) in [5, 5.41) is 9.14. The Balaban J connectivity index is 1.83. The molecule has 30 heavy (non-hydrogen) atoms. The van der Waals surface area contributed by atoms with E-state index in [9.17, 15) is 13.6 Å². The van der Waals surface area contributed by atoms with E-state index in [-0.39, 0.29) is 18.2 Å². The third-order valence-corrected chi connectivity index (χ3v) is 4.76. The summed E-state index contributed by atoms with van der Waals surface area (Å²) in [6.45, 7) is 0.176. The molecule has 0 aliphatic heterocycles. The molecule has 0 spiro atoms. The van der Waals surface area contributed by atoms with Crippen molar-refractivity contribution in [1.29, 1.82) is 0 Å². The third-order valence-electron chi connectivity index (χ3n) is 4.76. The van der Waals surface area contributed by atoms with Gasteiger partial charge in [0.1, 0.15) is 11.5 Å². The van der Waals surface area contributed by atoms with Crippen molar-refractivity contribution in [3.05, 3.63) is 23.8 Å². The van der Waals surface area contributed by atoms with E-state index in [2.05, 4.69) is 25.7 Å². The number of halogens is 2. The molecule has 0 aromatic heterocycles. The minimum atomic E-state index is -2.93. The SMILES string of the molecule is CCCOc1ccc(CNC(=NC)NCCC(=O)NC2CCCC2)c(OC(F)F)c1. The summed E-state index contributed by atoms with van der Waals surface area (Å²) in [4.78, 5) is 16.1. The minimum absolute atomic E-state index is 0.0140. The summed E-state index contributed by atoms with van der Waals surface area (Å²) in [7, 11) is 1.60. The molecular formula is C21H32F2N4O3. The zero-order chi connectivity index (χ0) is 21.8. The second-order valence-electron chi connectivity index (χ2n) is 7.15. The Labute approximate surface area is 176 Å². The Morgan fingerprint density at radius 1 is 1.27 bits per heavy atom. The van der Waals surface area contributed by atoms with Gasteiger partial charge in [-0.15, -0.1) is 0 Å². The van der Waals surface area contributed by atoms with Crippen LogP contribution < -0.4 is 25.4 Å². The van der Waals surface area contributed by atoms with Crippen molar-refractivity contribution in [3.8, 4) is 11.5 Å². The summed E-state index contributed by atoms with van der Waals surface area (Å²) in [5.41, 5.74) is 0.543. The molecule has 0 bridgehead atoms. The van der Waals surface area contributed by atoms with E-state index in [1.807, 2.05) is 6.92 Å². The number of amides is 1. The lowest BCUT2D eigenvalue weighted by Gasteiger charge is -2.16. The molecule has 0 atom stereocenters. The lowest BCUT2D eigenvalue weighted by atomic mass is 10.2. The van der Waals surface area contributed by atoms with Gasteiger partial charge in [-0.1, -0.05) is 19.8 Å². The zero-order valence-electron chi connectivity index (χ0n) is 17.7. The van der Waals surface area contributed by atoms with Crippen molar-refractivity contribution in [2.45, 2.75) is 64.6 Å². The maximum absolute atomic E-state index is 12.8. The van der Waals surface area contributed by atoms with Crippen molar-refractivity contribution in [1.82, 2.24) is 16.0 Å². The van der Waals surface area contributed by atoms with E-state index in [0.717, 1.165) is 19.3 Å². The number of ether oxygens (including phenoxy) is 2. The number of carbonyl (C=O) groups excluding carboxylic acids is 1. The van der Waals surface area contributed by atoms with Crippen LogP contribution in [0.3, 0.4) is 0 Å². The minimum Gasteiger partial charge on any atom is -0.493 e. The Bertz CT molecular complexity index is 695. The molecule has 9 heteroatoms. The van der Waals surface area contributed by atoms with Crippen LogP contribution in [0.15, 0.2) is 23.2 Å². The van der Waals surface area contributed by atoms with Crippen molar-refractivity contribution in [2.24, 2.45) is 4.99 Å². The first-order valence-corrected chi connectivity index (χ1v) is 10.5. The highest BCUT2D eigenvalue weighted by atomic mass is 19.3.